The van der Waals surface area contributed by atoms with E-state index in [2.05, 4.69) is 4.74 Å². The highest BCUT2D eigenvalue weighted by Crippen LogP contribution is 2.16. The maximum Gasteiger partial charge on any atom is 0.411 e. The van der Waals surface area contributed by atoms with Crippen LogP contribution in [0.25, 0.3) is 0 Å². The van der Waals surface area contributed by atoms with Gasteiger partial charge >= 0.3 is 6.18 Å². The van der Waals surface area contributed by atoms with Crippen LogP contribution >= 0.6 is 11.3 Å². The van der Waals surface area contributed by atoms with Crippen LogP contribution in [0.4, 0.5) is 13.2 Å². The van der Waals surface area contributed by atoms with Gasteiger partial charge in [0.05, 0.1) is 0 Å². The first-order chi connectivity index (χ1) is 6.88. The molecule has 0 fully saturated rings. The number of halogens is 3. The number of thiophene rings is 1. The lowest BCUT2D eigenvalue weighted by Gasteiger charge is -2.05. The lowest BCUT2D eigenvalue weighted by molar-refractivity contribution is -0.170. The Bertz CT molecular complexity index is 343. The molecule has 0 unspecified atom stereocenters. The standard InChI is InChI=1S/C9H9F3O2S/c1-6-2-7(4-15-6)8(13)3-14-5-9(10,11)12/h2,4H,3,5H2,1H3. The van der Waals surface area contributed by atoms with Crippen molar-refractivity contribution < 1.29 is 22.7 Å². The van der Waals surface area contributed by atoms with Crippen molar-refractivity contribution in [1.29, 1.82) is 0 Å². The normalized spacial score (nSPS) is 11.7. The number of hydrogen-bond donors (Lipinski definition) is 0. The van der Waals surface area contributed by atoms with Crippen molar-refractivity contribution in [2.45, 2.75) is 13.1 Å². The Morgan fingerprint density at radius 3 is 2.67 bits per heavy atom. The fraction of sp³-hybridized carbons (Fsp3) is 0.444. The van der Waals surface area contributed by atoms with Crippen LogP contribution in [-0.4, -0.2) is 25.2 Å². The van der Waals surface area contributed by atoms with Gasteiger partial charge in [-0.25, -0.2) is 0 Å². The predicted octanol–water partition coefficient (Wildman–Crippen LogP) is 2.82. The van der Waals surface area contributed by atoms with Gasteiger partial charge in [0.25, 0.3) is 0 Å². The molecule has 0 saturated heterocycles. The van der Waals surface area contributed by atoms with Crippen LogP contribution in [0.2, 0.25) is 0 Å². The highest BCUT2D eigenvalue weighted by molar-refractivity contribution is 7.10. The molecule has 0 radical (unpaired) electrons. The van der Waals surface area contributed by atoms with E-state index < -0.39 is 25.2 Å². The minimum Gasteiger partial charge on any atom is -0.364 e. The van der Waals surface area contributed by atoms with Crippen LogP contribution in [0, 0.1) is 6.92 Å². The van der Waals surface area contributed by atoms with E-state index in [9.17, 15) is 18.0 Å². The van der Waals surface area contributed by atoms with Crippen molar-refractivity contribution in [2.75, 3.05) is 13.2 Å². The first kappa shape index (κ1) is 12.2. The average molecular weight is 238 g/mol. The van der Waals surface area contributed by atoms with E-state index in [4.69, 9.17) is 0 Å². The predicted molar refractivity (Wildman–Crippen MR) is 50.3 cm³/mol. The highest BCUT2D eigenvalue weighted by Gasteiger charge is 2.27. The van der Waals surface area contributed by atoms with Gasteiger partial charge in [-0.05, 0) is 13.0 Å². The summed E-state index contributed by atoms with van der Waals surface area (Å²) in [5, 5.41) is 1.61. The van der Waals surface area contributed by atoms with Crippen molar-refractivity contribution >= 4 is 17.1 Å². The summed E-state index contributed by atoms with van der Waals surface area (Å²) in [5.41, 5.74) is 0.402. The van der Waals surface area contributed by atoms with Gasteiger partial charge in [0, 0.05) is 15.8 Å². The number of rotatable bonds is 4. The van der Waals surface area contributed by atoms with Crippen LogP contribution in [0.5, 0.6) is 0 Å². The zero-order valence-electron chi connectivity index (χ0n) is 7.93. The molecule has 15 heavy (non-hydrogen) atoms. The van der Waals surface area contributed by atoms with Gasteiger partial charge in [0.2, 0.25) is 0 Å². The summed E-state index contributed by atoms with van der Waals surface area (Å²) in [7, 11) is 0. The molecule has 0 bridgehead atoms. The summed E-state index contributed by atoms with van der Waals surface area (Å²) in [5.74, 6) is -0.427. The molecule has 0 saturated carbocycles. The molecule has 1 aromatic heterocycles. The number of carbonyl (C=O) groups is 1. The van der Waals surface area contributed by atoms with E-state index in [0.29, 0.717) is 5.56 Å². The van der Waals surface area contributed by atoms with Crippen molar-refractivity contribution in [3.8, 4) is 0 Å². The summed E-state index contributed by atoms with van der Waals surface area (Å²) < 4.78 is 39.3. The number of hydrogen-bond acceptors (Lipinski definition) is 3. The van der Waals surface area contributed by atoms with Crippen molar-refractivity contribution in [2.24, 2.45) is 0 Å². The summed E-state index contributed by atoms with van der Waals surface area (Å²) in [6, 6.07) is 1.63. The molecule has 1 aromatic rings. The second-order valence-corrected chi connectivity index (χ2v) is 4.09. The van der Waals surface area contributed by atoms with Crippen LogP contribution in [0.15, 0.2) is 11.4 Å². The Kier molecular flexibility index (Phi) is 3.87. The Balaban J connectivity index is 2.37. The van der Waals surface area contributed by atoms with Gasteiger partial charge in [0.1, 0.15) is 13.2 Å². The maximum atomic E-state index is 11.7. The summed E-state index contributed by atoms with van der Waals surface area (Å²) in [4.78, 5) is 12.2. The summed E-state index contributed by atoms with van der Waals surface area (Å²) in [6.07, 6.45) is -4.38. The maximum absolute atomic E-state index is 11.7. The van der Waals surface area contributed by atoms with Gasteiger partial charge in [-0.15, -0.1) is 11.3 Å². The van der Waals surface area contributed by atoms with Crippen LogP contribution in [-0.2, 0) is 4.74 Å². The lowest BCUT2D eigenvalue weighted by Crippen LogP contribution is -2.20. The van der Waals surface area contributed by atoms with Gasteiger partial charge in [-0.2, -0.15) is 13.2 Å². The zero-order chi connectivity index (χ0) is 11.5. The van der Waals surface area contributed by atoms with E-state index >= 15 is 0 Å². The smallest absolute Gasteiger partial charge is 0.364 e. The molecule has 0 N–H and O–H groups in total. The number of carbonyl (C=O) groups excluding carboxylic acids is 1. The van der Waals surface area contributed by atoms with E-state index in [0.717, 1.165) is 4.88 Å². The van der Waals surface area contributed by atoms with Crippen molar-refractivity contribution in [3.63, 3.8) is 0 Å². The number of ether oxygens (including phenoxy) is 1. The van der Waals surface area contributed by atoms with Crippen LogP contribution in [0.1, 0.15) is 15.2 Å². The fourth-order valence-electron chi connectivity index (χ4n) is 0.932. The molecular formula is C9H9F3O2S. The summed E-state index contributed by atoms with van der Waals surface area (Å²) >= 11 is 1.37. The quantitative estimate of drug-likeness (QED) is 0.754. The number of Topliss-reactive ketones (excluding diaryl/α,β-unsaturated/α-hetero) is 1. The van der Waals surface area contributed by atoms with E-state index in [-0.39, 0.29) is 0 Å². The third kappa shape index (κ3) is 4.44. The van der Waals surface area contributed by atoms with Crippen LogP contribution in [0.3, 0.4) is 0 Å². The molecule has 0 aliphatic heterocycles. The SMILES string of the molecule is Cc1cc(C(=O)COCC(F)(F)F)cs1. The highest BCUT2D eigenvalue weighted by atomic mass is 32.1. The van der Waals surface area contributed by atoms with Gasteiger partial charge in [0.15, 0.2) is 5.78 Å². The third-order valence-corrected chi connectivity index (χ3v) is 2.41. The first-order valence-corrected chi connectivity index (χ1v) is 4.99. The molecule has 0 atom stereocenters. The third-order valence-electron chi connectivity index (χ3n) is 1.55. The monoisotopic (exact) mass is 238 g/mol. The van der Waals surface area contributed by atoms with E-state index in [1.54, 1.807) is 11.4 Å². The molecule has 1 heterocycles. The topological polar surface area (TPSA) is 26.3 Å². The van der Waals surface area contributed by atoms with E-state index in [1.807, 2.05) is 6.92 Å². The first-order valence-electron chi connectivity index (χ1n) is 4.11. The molecule has 0 spiro atoms. The van der Waals surface area contributed by atoms with Gasteiger partial charge in [-0.1, -0.05) is 0 Å². The minimum atomic E-state index is -4.38. The molecule has 1 rings (SSSR count). The molecule has 0 aliphatic rings. The van der Waals surface area contributed by atoms with Gasteiger partial charge in [-0.3, -0.25) is 4.79 Å². The molecular weight excluding hydrogens is 229 g/mol. The summed E-state index contributed by atoms with van der Waals surface area (Å²) in [6.45, 7) is -0.102. The van der Waals surface area contributed by atoms with Crippen LogP contribution < -0.4 is 0 Å². The average Bonchev–Trinajstić information content (AvgIpc) is 2.49. The lowest BCUT2D eigenvalue weighted by atomic mass is 10.2. The number of alkyl halides is 3. The van der Waals surface area contributed by atoms with Gasteiger partial charge < -0.3 is 4.74 Å². The molecule has 0 amide bonds. The fourth-order valence-corrected chi connectivity index (χ4v) is 1.64. The van der Waals surface area contributed by atoms with Crippen molar-refractivity contribution in [1.82, 2.24) is 0 Å². The molecule has 0 aromatic carbocycles. The second-order valence-electron chi connectivity index (χ2n) is 2.98. The van der Waals surface area contributed by atoms with Crippen molar-refractivity contribution in [3.05, 3.63) is 21.9 Å². The zero-order valence-corrected chi connectivity index (χ0v) is 8.74. The van der Waals surface area contributed by atoms with E-state index in [1.165, 1.54) is 11.3 Å². The molecule has 2 nitrogen and oxygen atoms in total. The molecule has 6 heteroatoms. The molecule has 0 aliphatic carbocycles. The Morgan fingerprint density at radius 1 is 1.53 bits per heavy atom. The Labute approximate surface area is 88.7 Å². The number of aryl methyl sites for hydroxylation is 1. The number of ketones is 1. The minimum absolute atomic E-state index is 0.402. The Morgan fingerprint density at radius 2 is 2.20 bits per heavy atom. The molecule has 84 valence electrons. The second kappa shape index (κ2) is 4.76. The largest absolute Gasteiger partial charge is 0.411 e. The Hall–Kier alpha value is -0.880.